The molecule has 0 aromatic rings. The third-order valence-corrected chi connectivity index (χ3v) is 3.42. The smallest absolute Gasteiger partial charge is 0.260 e. The number of rotatable bonds is 1. The molecule has 0 radical (unpaired) electrons. The van der Waals surface area contributed by atoms with Crippen molar-refractivity contribution in [2.45, 2.75) is 37.8 Å². The number of nitrogens with zero attached hydrogens (tertiary/aromatic N) is 1. The molecule has 0 spiro atoms. The average molecular weight is 214 g/mol. The first-order valence-electron chi connectivity index (χ1n) is 5.91. The monoisotopic (exact) mass is 214 g/mol. The van der Waals surface area contributed by atoms with Crippen molar-refractivity contribution in [2.75, 3.05) is 26.2 Å². The number of hydrogen-bond donors (Lipinski definition) is 1. The number of piperidine rings is 2. The van der Waals surface area contributed by atoms with Gasteiger partial charge in [-0.3, -0.25) is 4.79 Å². The highest BCUT2D eigenvalue weighted by molar-refractivity contribution is 5.85. The lowest BCUT2D eigenvalue weighted by atomic mass is 9.92. The van der Waals surface area contributed by atoms with Gasteiger partial charge in [-0.1, -0.05) is 0 Å². The Morgan fingerprint density at radius 3 is 2.33 bits per heavy atom. The highest BCUT2D eigenvalue weighted by Gasteiger charge is 2.42. The number of alkyl halides is 1. The van der Waals surface area contributed by atoms with Crippen molar-refractivity contribution >= 4 is 5.91 Å². The lowest BCUT2D eigenvalue weighted by molar-refractivity contribution is -0.146. The van der Waals surface area contributed by atoms with Crippen molar-refractivity contribution in [3.63, 3.8) is 0 Å². The third-order valence-electron chi connectivity index (χ3n) is 3.42. The van der Waals surface area contributed by atoms with E-state index in [1.165, 1.54) is 6.42 Å². The molecule has 4 heteroatoms. The second-order valence-corrected chi connectivity index (χ2v) is 4.57. The largest absolute Gasteiger partial charge is 0.340 e. The molecule has 2 rings (SSSR count). The van der Waals surface area contributed by atoms with Crippen molar-refractivity contribution < 1.29 is 9.18 Å². The molecule has 0 aromatic carbocycles. The Balaban J connectivity index is 1.98. The maximum Gasteiger partial charge on any atom is 0.260 e. The van der Waals surface area contributed by atoms with E-state index in [1.54, 1.807) is 4.90 Å². The minimum Gasteiger partial charge on any atom is -0.340 e. The number of nitrogens with one attached hydrogen (secondary N) is 1. The zero-order chi connectivity index (χ0) is 10.7. The van der Waals surface area contributed by atoms with E-state index >= 15 is 0 Å². The molecule has 0 unspecified atom stereocenters. The van der Waals surface area contributed by atoms with Crippen LogP contribution in [0.2, 0.25) is 0 Å². The Hall–Kier alpha value is -0.640. The molecule has 2 aliphatic heterocycles. The van der Waals surface area contributed by atoms with Crippen LogP contribution in [-0.4, -0.2) is 42.7 Å². The van der Waals surface area contributed by atoms with Crippen LogP contribution in [0.15, 0.2) is 0 Å². The van der Waals surface area contributed by atoms with Gasteiger partial charge in [0.2, 0.25) is 0 Å². The summed E-state index contributed by atoms with van der Waals surface area (Å²) in [5.74, 6) is -0.260. The Kier molecular flexibility index (Phi) is 3.24. The second kappa shape index (κ2) is 4.47. The summed E-state index contributed by atoms with van der Waals surface area (Å²) in [5.41, 5.74) is -1.58. The normalized spacial score (nSPS) is 26.3. The van der Waals surface area contributed by atoms with Gasteiger partial charge in [0.15, 0.2) is 5.67 Å². The van der Waals surface area contributed by atoms with E-state index < -0.39 is 5.67 Å². The van der Waals surface area contributed by atoms with Gasteiger partial charge in [-0.15, -0.1) is 0 Å². The topological polar surface area (TPSA) is 32.3 Å². The number of likely N-dealkylation sites (tertiary alicyclic amines) is 1. The van der Waals surface area contributed by atoms with Crippen LogP contribution in [0, 0.1) is 0 Å². The third kappa shape index (κ3) is 2.30. The summed E-state index contributed by atoms with van der Waals surface area (Å²) in [7, 11) is 0. The van der Waals surface area contributed by atoms with Gasteiger partial charge in [0.05, 0.1) is 0 Å². The zero-order valence-electron chi connectivity index (χ0n) is 9.10. The molecular formula is C11H19FN2O. The zero-order valence-corrected chi connectivity index (χ0v) is 9.10. The van der Waals surface area contributed by atoms with Gasteiger partial charge in [-0.05, 0) is 32.4 Å². The average Bonchev–Trinajstić information content (AvgIpc) is 2.30. The second-order valence-electron chi connectivity index (χ2n) is 4.57. The number of carbonyl (C=O) groups excluding carboxylic acids is 1. The van der Waals surface area contributed by atoms with E-state index in [4.69, 9.17) is 0 Å². The summed E-state index contributed by atoms with van der Waals surface area (Å²) in [4.78, 5) is 13.7. The first-order chi connectivity index (χ1) is 7.22. The molecule has 2 heterocycles. The van der Waals surface area contributed by atoms with Crippen LogP contribution in [0.25, 0.3) is 0 Å². The molecule has 2 saturated heterocycles. The molecule has 1 N–H and O–H groups in total. The van der Waals surface area contributed by atoms with Crippen LogP contribution in [-0.2, 0) is 4.79 Å². The summed E-state index contributed by atoms with van der Waals surface area (Å²) >= 11 is 0. The van der Waals surface area contributed by atoms with Gasteiger partial charge in [-0.2, -0.15) is 0 Å². The molecule has 0 saturated carbocycles. The molecule has 2 aliphatic rings. The Labute approximate surface area is 90.0 Å². The fourth-order valence-corrected chi connectivity index (χ4v) is 2.42. The standard InChI is InChI=1S/C11H19FN2O/c12-11(4-6-13-7-5-11)10(15)14-8-2-1-3-9-14/h13H,1-9H2. The van der Waals surface area contributed by atoms with E-state index in [2.05, 4.69) is 5.32 Å². The number of amides is 1. The van der Waals surface area contributed by atoms with E-state index in [1.807, 2.05) is 0 Å². The Bertz CT molecular complexity index is 233. The predicted octanol–water partition coefficient (Wildman–Crippen LogP) is 1.09. The summed E-state index contributed by atoms with van der Waals surface area (Å²) in [6, 6.07) is 0. The molecule has 3 nitrogen and oxygen atoms in total. The van der Waals surface area contributed by atoms with Gasteiger partial charge >= 0.3 is 0 Å². The van der Waals surface area contributed by atoms with Crippen molar-refractivity contribution in [1.29, 1.82) is 0 Å². The molecule has 0 atom stereocenters. The Morgan fingerprint density at radius 1 is 1.13 bits per heavy atom. The van der Waals surface area contributed by atoms with Gasteiger partial charge in [-0.25, -0.2) is 4.39 Å². The maximum absolute atomic E-state index is 14.3. The molecule has 0 aromatic heterocycles. The minimum absolute atomic E-state index is 0.260. The molecule has 86 valence electrons. The van der Waals surface area contributed by atoms with Crippen molar-refractivity contribution in [1.82, 2.24) is 10.2 Å². The van der Waals surface area contributed by atoms with Gasteiger partial charge in [0, 0.05) is 25.9 Å². The van der Waals surface area contributed by atoms with Crippen molar-refractivity contribution in [3.8, 4) is 0 Å². The molecule has 15 heavy (non-hydrogen) atoms. The number of halogens is 1. The molecule has 2 fully saturated rings. The molecular weight excluding hydrogens is 195 g/mol. The number of carbonyl (C=O) groups is 1. The fourth-order valence-electron chi connectivity index (χ4n) is 2.42. The first-order valence-corrected chi connectivity index (χ1v) is 5.91. The van der Waals surface area contributed by atoms with E-state index in [0.29, 0.717) is 25.9 Å². The van der Waals surface area contributed by atoms with Crippen LogP contribution >= 0.6 is 0 Å². The minimum atomic E-state index is -1.58. The highest BCUT2D eigenvalue weighted by atomic mass is 19.1. The van der Waals surface area contributed by atoms with Crippen LogP contribution in [0.3, 0.4) is 0 Å². The van der Waals surface area contributed by atoms with Crippen LogP contribution in [0.4, 0.5) is 4.39 Å². The first kappa shape index (κ1) is 10.9. The molecule has 0 bridgehead atoms. The van der Waals surface area contributed by atoms with E-state index in [0.717, 1.165) is 25.9 Å². The summed E-state index contributed by atoms with van der Waals surface area (Å²) in [6.45, 7) is 2.74. The van der Waals surface area contributed by atoms with Crippen LogP contribution in [0.1, 0.15) is 32.1 Å². The summed E-state index contributed by atoms with van der Waals surface area (Å²) in [5, 5.41) is 3.09. The molecule has 1 amide bonds. The SMILES string of the molecule is O=C(N1CCCCC1)C1(F)CCNCC1. The quantitative estimate of drug-likeness (QED) is 0.708. The fraction of sp³-hybridized carbons (Fsp3) is 0.909. The predicted molar refractivity (Wildman–Crippen MR) is 56.4 cm³/mol. The summed E-state index contributed by atoms with van der Waals surface area (Å²) < 4.78 is 14.3. The Morgan fingerprint density at radius 2 is 1.73 bits per heavy atom. The summed E-state index contributed by atoms with van der Waals surface area (Å²) in [6.07, 6.45) is 3.90. The highest BCUT2D eigenvalue weighted by Crippen LogP contribution is 2.27. The van der Waals surface area contributed by atoms with Crippen molar-refractivity contribution in [3.05, 3.63) is 0 Å². The van der Waals surface area contributed by atoms with Gasteiger partial charge in [0.25, 0.3) is 5.91 Å². The van der Waals surface area contributed by atoms with E-state index in [-0.39, 0.29) is 5.91 Å². The van der Waals surface area contributed by atoms with E-state index in [9.17, 15) is 9.18 Å². The lowest BCUT2D eigenvalue weighted by Crippen LogP contribution is -2.52. The number of hydrogen-bond acceptors (Lipinski definition) is 2. The lowest BCUT2D eigenvalue weighted by Gasteiger charge is -2.36. The van der Waals surface area contributed by atoms with Gasteiger partial charge in [0.1, 0.15) is 0 Å². The van der Waals surface area contributed by atoms with Crippen molar-refractivity contribution in [2.24, 2.45) is 0 Å². The molecule has 0 aliphatic carbocycles. The van der Waals surface area contributed by atoms with Gasteiger partial charge < -0.3 is 10.2 Å². The van der Waals surface area contributed by atoms with Crippen LogP contribution < -0.4 is 5.32 Å². The maximum atomic E-state index is 14.3. The van der Waals surface area contributed by atoms with Crippen LogP contribution in [0.5, 0.6) is 0 Å².